The molecule has 7 nitrogen and oxygen atoms in total. The van der Waals surface area contributed by atoms with Crippen molar-refractivity contribution in [2.75, 3.05) is 30.0 Å². The van der Waals surface area contributed by atoms with Gasteiger partial charge in [0.1, 0.15) is 5.75 Å². The van der Waals surface area contributed by atoms with Crippen molar-refractivity contribution in [3.63, 3.8) is 0 Å². The fourth-order valence-electron chi connectivity index (χ4n) is 3.53. The van der Waals surface area contributed by atoms with Gasteiger partial charge in [0.05, 0.1) is 18.2 Å². The maximum atomic E-state index is 12.5. The van der Waals surface area contributed by atoms with E-state index in [0.29, 0.717) is 23.7 Å². The zero-order valence-electron chi connectivity index (χ0n) is 17.7. The van der Waals surface area contributed by atoms with Gasteiger partial charge >= 0.3 is 5.97 Å². The lowest BCUT2D eigenvalue weighted by atomic mass is 10.1. The Morgan fingerprint density at radius 1 is 1.19 bits per heavy atom. The summed E-state index contributed by atoms with van der Waals surface area (Å²) in [6.45, 7) is 5.97. The summed E-state index contributed by atoms with van der Waals surface area (Å²) in [5.41, 5.74) is 3.24. The van der Waals surface area contributed by atoms with Crippen LogP contribution in [0.15, 0.2) is 40.9 Å². The molecule has 0 spiro atoms. The van der Waals surface area contributed by atoms with Crippen molar-refractivity contribution in [2.45, 2.75) is 27.2 Å². The molecular weight excluding hydrogens is 464 g/mol. The highest BCUT2D eigenvalue weighted by Crippen LogP contribution is 2.33. The minimum Gasteiger partial charge on any atom is -0.492 e. The van der Waals surface area contributed by atoms with E-state index in [4.69, 9.17) is 9.47 Å². The summed E-state index contributed by atoms with van der Waals surface area (Å²) in [4.78, 5) is 38.7. The molecule has 0 aliphatic carbocycles. The minimum absolute atomic E-state index is 0.0337. The van der Waals surface area contributed by atoms with Crippen molar-refractivity contribution in [3.05, 3.63) is 52.0 Å². The molecule has 1 N–H and O–H groups in total. The smallest absolute Gasteiger partial charge is 0.311 e. The predicted octanol–water partition coefficient (Wildman–Crippen LogP) is 4.00. The van der Waals surface area contributed by atoms with Gasteiger partial charge in [-0.25, -0.2) is 0 Å². The summed E-state index contributed by atoms with van der Waals surface area (Å²) in [7, 11) is 0. The van der Waals surface area contributed by atoms with Crippen LogP contribution in [-0.2, 0) is 19.1 Å². The molecule has 1 saturated heterocycles. The molecule has 1 aliphatic rings. The van der Waals surface area contributed by atoms with E-state index in [2.05, 4.69) is 21.2 Å². The second-order valence-electron chi connectivity index (χ2n) is 7.39. The van der Waals surface area contributed by atoms with Crippen molar-refractivity contribution < 1.29 is 23.9 Å². The highest BCUT2D eigenvalue weighted by atomic mass is 79.9. The van der Waals surface area contributed by atoms with Gasteiger partial charge in [-0.05, 0) is 56.2 Å². The van der Waals surface area contributed by atoms with Gasteiger partial charge in [-0.1, -0.05) is 28.1 Å². The lowest BCUT2D eigenvalue weighted by molar-refractivity contribution is -0.151. The van der Waals surface area contributed by atoms with Crippen LogP contribution in [-0.4, -0.2) is 37.5 Å². The molecule has 2 amide bonds. The van der Waals surface area contributed by atoms with E-state index < -0.39 is 24.4 Å². The molecular formula is C23H25BrN2O5. The van der Waals surface area contributed by atoms with Crippen LogP contribution in [0.1, 0.15) is 24.5 Å². The molecule has 1 fully saturated rings. The van der Waals surface area contributed by atoms with Crippen LogP contribution < -0.4 is 15.0 Å². The first-order valence-corrected chi connectivity index (χ1v) is 10.8. The fourth-order valence-corrected chi connectivity index (χ4v) is 3.75. The monoisotopic (exact) mass is 488 g/mol. The van der Waals surface area contributed by atoms with E-state index in [0.717, 1.165) is 15.6 Å². The van der Waals surface area contributed by atoms with Crippen molar-refractivity contribution in [3.8, 4) is 5.75 Å². The number of nitrogens with zero attached hydrogens (tertiary/aromatic N) is 1. The van der Waals surface area contributed by atoms with E-state index in [1.165, 1.54) is 4.90 Å². The Labute approximate surface area is 189 Å². The second-order valence-corrected chi connectivity index (χ2v) is 8.18. The molecule has 1 aliphatic heterocycles. The van der Waals surface area contributed by atoms with Gasteiger partial charge in [0.2, 0.25) is 5.91 Å². The molecule has 164 valence electrons. The predicted molar refractivity (Wildman–Crippen MR) is 121 cm³/mol. The number of nitrogens with one attached hydrogen (secondary N) is 1. The Morgan fingerprint density at radius 2 is 1.87 bits per heavy atom. The lowest BCUT2D eigenvalue weighted by Gasteiger charge is -2.20. The topological polar surface area (TPSA) is 84.9 Å². The number of aryl methyl sites for hydroxylation is 2. The number of anilines is 2. The average Bonchev–Trinajstić information content (AvgIpc) is 3.12. The number of esters is 1. The van der Waals surface area contributed by atoms with Crippen LogP contribution in [0.25, 0.3) is 0 Å². The van der Waals surface area contributed by atoms with Gasteiger partial charge in [0.25, 0.3) is 5.91 Å². The number of carbonyl (C=O) groups excluding carboxylic acids is 3. The molecule has 0 aromatic heterocycles. The van der Waals surface area contributed by atoms with Crippen LogP contribution in [0, 0.1) is 19.8 Å². The maximum Gasteiger partial charge on any atom is 0.311 e. The van der Waals surface area contributed by atoms with E-state index in [1.807, 2.05) is 45.0 Å². The number of halogens is 1. The summed E-state index contributed by atoms with van der Waals surface area (Å²) in [6.07, 6.45) is 0.0337. The zero-order valence-corrected chi connectivity index (χ0v) is 19.3. The van der Waals surface area contributed by atoms with E-state index in [9.17, 15) is 14.4 Å². The maximum absolute atomic E-state index is 12.5. The second kappa shape index (κ2) is 9.96. The van der Waals surface area contributed by atoms with Gasteiger partial charge in [0, 0.05) is 23.1 Å². The number of hydrogen-bond donors (Lipinski definition) is 1. The van der Waals surface area contributed by atoms with Crippen LogP contribution in [0.5, 0.6) is 5.75 Å². The van der Waals surface area contributed by atoms with E-state index >= 15 is 0 Å². The van der Waals surface area contributed by atoms with E-state index in [1.54, 1.807) is 12.1 Å². The van der Waals surface area contributed by atoms with Crippen LogP contribution in [0.3, 0.4) is 0 Å². The fraction of sp³-hybridized carbons (Fsp3) is 0.348. The summed E-state index contributed by atoms with van der Waals surface area (Å²) in [5, 5.41) is 2.73. The first-order valence-electron chi connectivity index (χ1n) is 10.1. The van der Waals surface area contributed by atoms with Gasteiger partial charge in [-0.15, -0.1) is 0 Å². The molecule has 31 heavy (non-hydrogen) atoms. The zero-order chi connectivity index (χ0) is 22.5. The standard InChI is InChI=1S/C23H25BrN2O5/c1-4-30-19-8-6-5-7-18(19)26-12-16(11-21(26)28)23(29)31-13-20(27)25-17-9-14(2)22(24)15(3)10-17/h5-10,16H,4,11-13H2,1-3H3,(H,25,27)/t16-/m0/s1. The van der Waals surface area contributed by atoms with Crippen molar-refractivity contribution >= 4 is 45.1 Å². The average molecular weight is 489 g/mol. The molecule has 8 heteroatoms. The quantitative estimate of drug-likeness (QED) is 0.595. The molecule has 0 unspecified atom stereocenters. The molecule has 1 atom stereocenters. The Morgan fingerprint density at radius 3 is 2.55 bits per heavy atom. The molecule has 0 bridgehead atoms. The van der Waals surface area contributed by atoms with Gasteiger partial charge < -0.3 is 19.7 Å². The molecule has 0 saturated carbocycles. The normalized spacial score (nSPS) is 15.7. The molecule has 2 aromatic carbocycles. The van der Waals surface area contributed by atoms with Crippen molar-refractivity contribution in [1.82, 2.24) is 0 Å². The molecule has 2 aromatic rings. The molecule has 3 rings (SSSR count). The van der Waals surface area contributed by atoms with Crippen LogP contribution in [0.4, 0.5) is 11.4 Å². The third-order valence-electron chi connectivity index (χ3n) is 4.98. The van der Waals surface area contributed by atoms with Gasteiger partial charge in [0.15, 0.2) is 6.61 Å². The third-order valence-corrected chi connectivity index (χ3v) is 6.23. The third kappa shape index (κ3) is 5.44. The first-order chi connectivity index (χ1) is 14.8. The lowest BCUT2D eigenvalue weighted by Crippen LogP contribution is -2.28. The SMILES string of the molecule is CCOc1ccccc1N1C[C@@H](C(=O)OCC(=O)Nc2cc(C)c(Br)c(C)c2)CC1=O. The highest BCUT2D eigenvalue weighted by molar-refractivity contribution is 9.10. The summed E-state index contributed by atoms with van der Waals surface area (Å²) in [6, 6.07) is 10.9. The van der Waals surface area contributed by atoms with E-state index in [-0.39, 0.29) is 18.9 Å². The number of amides is 2. The number of rotatable bonds is 7. The van der Waals surface area contributed by atoms with Crippen molar-refractivity contribution in [2.24, 2.45) is 5.92 Å². The number of hydrogen-bond acceptors (Lipinski definition) is 5. The number of ether oxygens (including phenoxy) is 2. The summed E-state index contributed by atoms with van der Waals surface area (Å²) >= 11 is 3.49. The largest absolute Gasteiger partial charge is 0.492 e. The van der Waals surface area contributed by atoms with Gasteiger partial charge in [-0.3, -0.25) is 14.4 Å². The number of para-hydroxylation sites is 2. The summed E-state index contributed by atoms with van der Waals surface area (Å²) in [5.74, 6) is -1.22. The van der Waals surface area contributed by atoms with Crippen molar-refractivity contribution in [1.29, 1.82) is 0 Å². The van der Waals surface area contributed by atoms with Crippen LogP contribution in [0.2, 0.25) is 0 Å². The molecule has 0 radical (unpaired) electrons. The Bertz CT molecular complexity index is 984. The molecule has 1 heterocycles. The number of carbonyl (C=O) groups is 3. The van der Waals surface area contributed by atoms with Gasteiger partial charge in [-0.2, -0.15) is 0 Å². The highest BCUT2D eigenvalue weighted by Gasteiger charge is 2.37. The first kappa shape index (κ1) is 22.8. The minimum atomic E-state index is -0.632. The Balaban J connectivity index is 1.57. The van der Waals surface area contributed by atoms with Crippen LogP contribution >= 0.6 is 15.9 Å². The Hall–Kier alpha value is -2.87. The number of benzene rings is 2. The summed E-state index contributed by atoms with van der Waals surface area (Å²) < 4.78 is 11.8. The Kier molecular flexibility index (Phi) is 7.33.